The van der Waals surface area contributed by atoms with E-state index < -0.39 is 6.43 Å². The maximum Gasteiger partial charge on any atom is 0.263 e. The fourth-order valence-corrected chi connectivity index (χ4v) is 1.31. The molecule has 0 saturated heterocycles. The van der Waals surface area contributed by atoms with Gasteiger partial charge in [0.1, 0.15) is 5.78 Å². The molecular weight excluding hydrogens is 254 g/mol. The predicted molar refractivity (Wildman–Crippen MR) is 53.9 cm³/mol. The molecule has 0 heterocycles. The van der Waals surface area contributed by atoms with Gasteiger partial charge in [0.2, 0.25) is 0 Å². The Hall–Kier alpha value is -0.770. The molecule has 0 spiro atoms. The average Bonchev–Trinajstić information content (AvgIpc) is 2.18. The Bertz CT molecular complexity index is 326. The van der Waals surface area contributed by atoms with E-state index in [4.69, 9.17) is 0 Å². The summed E-state index contributed by atoms with van der Waals surface area (Å²) in [6.07, 6.45) is -2.28. The first-order valence-corrected chi connectivity index (χ1v) is 5.20. The highest BCUT2D eigenvalue weighted by Crippen LogP contribution is 2.19. The first kappa shape index (κ1) is 11.3. The van der Waals surface area contributed by atoms with Crippen LogP contribution in [0.2, 0.25) is 0 Å². The second-order valence-corrected chi connectivity index (χ2v) is 3.46. The predicted octanol–water partition coefficient (Wildman–Crippen LogP) is 3.13. The van der Waals surface area contributed by atoms with Crippen molar-refractivity contribution < 1.29 is 13.6 Å². The second-order valence-electron chi connectivity index (χ2n) is 2.89. The topological polar surface area (TPSA) is 17.1 Å². The maximum absolute atomic E-state index is 12.3. The highest BCUT2D eigenvalue weighted by Gasteiger charge is 2.08. The summed E-state index contributed by atoms with van der Waals surface area (Å²) in [7, 11) is 0. The van der Waals surface area contributed by atoms with Gasteiger partial charge in [-0.15, -0.1) is 0 Å². The highest BCUT2D eigenvalue weighted by molar-refractivity contribution is 9.09. The lowest BCUT2D eigenvalue weighted by atomic mass is 10.1. The van der Waals surface area contributed by atoms with Crippen LogP contribution in [0.1, 0.15) is 17.6 Å². The lowest BCUT2D eigenvalue weighted by molar-refractivity contribution is -0.115. The molecule has 14 heavy (non-hydrogen) atoms. The molecule has 0 fully saturated rings. The van der Waals surface area contributed by atoms with E-state index in [1.807, 2.05) is 0 Å². The number of alkyl halides is 3. The van der Waals surface area contributed by atoms with E-state index in [1.54, 1.807) is 12.1 Å². The zero-order valence-corrected chi connectivity index (χ0v) is 8.93. The molecule has 1 nitrogen and oxygen atoms in total. The SMILES string of the molecule is O=C(CBr)Cc1cccc(C(F)F)c1. The summed E-state index contributed by atoms with van der Waals surface area (Å²) in [6, 6.07) is 5.93. The molecule has 0 aromatic heterocycles. The van der Waals surface area contributed by atoms with Crippen LogP contribution in [0.15, 0.2) is 24.3 Å². The van der Waals surface area contributed by atoms with E-state index in [2.05, 4.69) is 15.9 Å². The van der Waals surface area contributed by atoms with Crippen molar-refractivity contribution in [2.45, 2.75) is 12.8 Å². The molecule has 0 atom stereocenters. The van der Waals surface area contributed by atoms with E-state index in [1.165, 1.54) is 12.1 Å². The fraction of sp³-hybridized carbons (Fsp3) is 0.300. The number of rotatable bonds is 4. The summed E-state index contributed by atoms with van der Waals surface area (Å²) in [5.74, 6) is -0.0172. The van der Waals surface area contributed by atoms with Crippen LogP contribution in [-0.4, -0.2) is 11.1 Å². The number of hydrogen-bond donors (Lipinski definition) is 0. The molecule has 0 radical (unpaired) electrons. The number of carbonyl (C=O) groups is 1. The molecule has 4 heteroatoms. The minimum atomic E-state index is -2.48. The third kappa shape index (κ3) is 3.18. The Morgan fingerprint density at radius 3 is 2.71 bits per heavy atom. The molecular formula is C10H9BrF2O. The van der Waals surface area contributed by atoms with Crippen LogP contribution >= 0.6 is 15.9 Å². The Balaban J connectivity index is 2.78. The summed E-state index contributed by atoms with van der Waals surface area (Å²) in [5, 5.41) is 0.256. The molecule has 0 aliphatic rings. The molecule has 1 aromatic rings. The minimum absolute atomic E-state index is 0.0172. The van der Waals surface area contributed by atoms with Crippen LogP contribution in [0.5, 0.6) is 0 Å². The maximum atomic E-state index is 12.3. The van der Waals surface area contributed by atoms with Gasteiger partial charge in [-0.25, -0.2) is 8.78 Å². The second kappa shape index (κ2) is 5.20. The van der Waals surface area contributed by atoms with Gasteiger partial charge in [0.15, 0.2) is 0 Å². The molecule has 1 aromatic carbocycles. The molecule has 0 unspecified atom stereocenters. The Labute approximate surface area is 89.3 Å². The first-order valence-electron chi connectivity index (χ1n) is 4.08. The summed E-state index contributed by atoms with van der Waals surface area (Å²) >= 11 is 3.02. The molecule has 0 aliphatic carbocycles. The van der Waals surface area contributed by atoms with Crippen molar-refractivity contribution >= 4 is 21.7 Å². The largest absolute Gasteiger partial charge is 0.298 e. The molecule has 0 saturated carbocycles. The van der Waals surface area contributed by atoms with Crippen molar-refractivity contribution in [1.82, 2.24) is 0 Å². The molecule has 76 valence electrons. The van der Waals surface area contributed by atoms with Crippen LogP contribution in [0, 0.1) is 0 Å². The third-order valence-corrected chi connectivity index (χ3v) is 2.38. The summed E-state index contributed by atoms with van der Waals surface area (Å²) in [6.45, 7) is 0. The van der Waals surface area contributed by atoms with Crippen molar-refractivity contribution in [3.63, 3.8) is 0 Å². The van der Waals surface area contributed by atoms with E-state index in [0.29, 0.717) is 5.56 Å². The van der Waals surface area contributed by atoms with E-state index in [9.17, 15) is 13.6 Å². The van der Waals surface area contributed by atoms with Crippen molar-refractivity contribution in [2.75, 3.05) is 5.33 Å². The van der Waals surface area contributed by atoms with Gasteiger partial charge in [-0.2, -0.15) is 0 Å². The minimum Gasteiger partial charge on any atom is -0.298 e. The number of halogens is 3. The Kier molecular flexibility index (Phi) is 4.20. The Morgan fingerprint density at radius 2 is 2.14 bits per heavy atom. The fourth-order valence-electron chi connectivity index (χ4n) is 1.11. The quantitative estimate of drug-likeness (QED) is 0.763. The summed E-state index contributed by atoms with van der Waals surface area (Å²) in [4.78, 5) is 11.0. The highest BCUT2D eigenvalue weighted by atomic mass is 79.9. The number of Topliss-reactive ketones (excluding diaryl/α,β-unsaturated/α-hetero) is 1. The zero-order chi connectivity index (χ0) is 10.6. The van der Waals surface area contributed by atoms with E-state index in [-0.39, 0.29) is 23.1 Å². The van der Waals surface area contributed by atoms with Crippen molar-refractivity contribution in [3.8, 4) is 0 Å². The van der Waals surface area contributed by atoms with Gasteiger partial charge in [0, 0.05) is 12.0 Å². The lowest BCUT2D eigenvalue weighted by Crippen LogP contribution is -2.03. The monoisotopic (exact) mass is 262 g/mol. The van der Waals surface area contributed by atoms with Gasteiger partial charge >= 0.3 is 0 Å². The van der Waals surface area contributed by atoms with E-state index >= 15 is 0 Å². The average molecular weight is 263 g/mol. The molecule has 0 aliphatic heterocycles. The van der Waals surface area contributed by atoms with Gasteiger partial charge in [-0.1, -0.05) is 34.1 Å². The number of carbonyl (C=O) groups excluding carboxylic acids is 1. The number of benzene rings is 1. The van der Waals surface area contributed by atoms with Gasteiger partial charge in [-0.3, -0.25) is 4.79 Å². The van der Waals surface area contributed by atoms with Crippen molar-refractivity contribution in [2.24, 2.45) is 0 Å². The molecule has 0 bridgehead atoms. The normalized spacial score (nSPS) is 10.6. The van der Waals surface area contributed by atoms with Crippen LogP contribution in [0.3, 0.4) is 0 Å². The standard InChI is InChI=1S/C10H9BrF2O/c11-6-9(14)5-7-2-1-3-8(4-7)10(12)13/h1-4,10H,5-6H2. The number of hydrogen-bond acceptors (Lipinski definition) is 1. The molecule has 0 amide bonds. The first-order chi connectivity index (χ1) is 6.63. The van der Waals surface area contributed by atoms with Gasteiger partial charge in [-0.05, 0) is 11.6 Å². The molecule has 0 N–H and O–H groups in total. The van der Waals surface area contributed by atoms with Crippen LogP contribution in [0.25, 0.3) is 0 Å². The van der Waals surface area contributed by atoms with Crippen molar-refractivity contribution in [1.29, 1.82) is 0 Å². The molecule has 1 rings (SSSR count). The summed E-state index contributed by atoms with van der Waals surface area (Å²) < 4.78 is 24.5. The Morgan fingerprint density at radius 1 is 1.43 bits per heavy atom. The van der Waals surface area contributed by atoms with Gasteiger partial charge in [0.25, 0.3) is 6.43 Å². The lowest BCUT2D eigenvalue weighted by Gasteiger charge is -2.02. The van der Waals surface area contributed by atoms with Gasteiger partial charge < -0.3 is 0 Å². The smallest absolute Gasteiger partial charge is 0.263 e. The summed E-state index contributed by atoms with van der Waals surface area (Å²) in [5.41, 5.74) is 0.595. The van der Waals surface area contributed by atoms with Gasteiger partial charge in [0.05, 0.1) is 5.33 Å². The van der Waals surface area contributed by atoms with Crippen molar-refractivity contribution in [3.05, 3.63) is 35.4 Å². The van der Waals surface area contributed by atoms with Crippen LogP contribution < -0.4 is 0 Å². The zero-order valence-electron chi connectivity index (χ0n) is 7.34. The van der Waals surface area contributed by atoms with E-state index in [0.717, 1.165) is 0 Å². The third-order valence-electron chi connectivity index (χ3n) is 1.75. The number of ketones is 1. The van der Waals surface area contributed by atoms with Crippen LogP contribution in [-0.2, 0) is 11.2 Å². The van der Waals surface area contributed by atoms with Crippen LogP contribution in [0.4, 0.5) is 8.78 Å².